The molecule has 0 aromatic heterocycles. The lowest BCUT2D eigenvalue weighted by atomic mass is 10.2. The SMILES string of the molecule is COc1cc(CNC2=NCCCN2)cc(OC)c1O.I. The third kappa shape index (κ3) is 4.06. The molecule has 0 saturated carbocycles. The Bertz CT molecular complexity index is 455. The van der Waals surface area contributed by atoms with Gasteiger partial charge in [-0.2, -0.15) is 0 Å². The van der Waals surface area contributed by atoms with Crippen LogP contribution >= 0.6 is 24.0 Å². The fourth-order valence-electron chi connectivity index (χ4n) is 1.89. The van der Waals surface area contributed by atoms with E-state index < -0.39 is 0 Å². The summed E-state index contributed by atoms with van der Waals surface area (Å²) in [5, 5.41) is 16.2. The molecule has 0 spiro atoms. The molecule has 1 aliphatic rings. The predicted octanol–water partition coefficient (Wildman–Crippen LogP) is 1.47. The molecule has 1 heterocycles. The van der Waals surface area contributed by atoms with Crippen LogP contribution in [0.4, 0.5) is 0 Å². The smallest absolute Gasteiger partial charge is 0.200 e. The van der Waals surface area contributed by atoms with Crippen LogP contribution in [-0.2, 0) is 6.54 Å². The molecule has 1 aliphatic heterocycles. The first-order valence-corrected chi connectivity index (χ1v) is 6.20. The van der Waals surface area contributed by atoms with Gasteiger partial charge < -0.3 is 25.2 Å². The molecule has 1 aromatic carbocycles. The van der Waals surface area contributed by atoms with Crippen molar-refractivity contribution in [2.24, 2.45) is 4.99 Å². The Hall–Kier alpha value is -1.38. The van der Waals surface area contributed by atoms with Crippen molar-refractivity contribution in [3.05, 3.63) is 17.7 Å². The van der Waals surface area contributed by atoms with E-state index in [0.29, 0.717) is 18.0 Å². The molecule has 0 bridgehead atoms. The molecule has 1 aromatic rings. The zero-order valence-electron chi connectivity index (χ0n) is 11.6. The van der Waals surface area contributed by atoms with E-state index in [1.807, 2.05) is 0 Å². The first-order chi connectivity index (χ1) is 9.24. The van der Waals surface area contributed by atoms with Crippen molar-refractivity contribution in [3.8, 4) is 17.2 Å². The number of benzene rings is 1. The van der Waals surface area contributed by atoms with E-state index in [1.54, 1.807) is 12.1 Å². The van der Waals surface area contributed by atoms with E-state index >= 15 is 0 Å². The molecule has 0 radical (unpaired) electrons. The molecule has 0 fully saturated rings. The number of methoxy groups -OCH3 is 2. The van der Waals surface area contributed by atoms with Crippen molar-refractivity contribution in [3.63, 3.8) is 0 Å². The van der Waals surface area contributed by atoms with Gasteiger partial charge in [-0.05, 0) is 24.1 Å². The van der Waals surface area contributed by atoms with E-state index in [4.69, 9.17) is 9.47 Å². The predicted molar refractivity (Wildman–Crippen MR) is 88.4 cm³/mol. The maximum Gasteiger partial charge on any atom is 0.200 e. The number of aromatic hydroxyl groups is 1. The largest absolute Gasteiger partial charge is 0.502 e. The number of nitrogens with one attached hydrogen (secondary N) is 2. The van der Waals surface area contributed by atoms with Crippen LogP contribution in [0.25, 0.3) is 0 Å². The van der Waals surface area contributed by atoms with Gasteiger partial charge in [-0.1, -0.05) is 0 Å². The van der Waals surface area contributed by atoms with Crippen molar-refractivity contribution < 1.29 is 14.6 Å². The molecule has 20 heavy (non-hydrogen) atoms. The number of ether oxygens (including phenoxy) is 2. The molecule has 0 atom stereocenters. The molecular weight excluding hydrogens is 373 g/mol. The van der Waals surface area contributed by atoms with Gasteiger partial charge in [0.05, 0.1) is 14.2 Å². The first-order valence-electron chi connectivity index (χ1n) is 6.20. The fraction of sp³-hybridized carbons (Fsp3) is 0.462. The topological polar surface area (TPSA) is 75.1 Å². The number of nitrogens with zero attached hydrogens (tertiary/aromatic N) is 1. The Balaban J connectivity index is 0.00000200. The molecule has 0 saturated heterocycles. The number of rotatable bonds is 4. The minimum Gasteiger partial charge on any atom is -0.502 e. The highest BCUT2D eigenvalue weighted by Gasteiger charge is 2.11. The second kappa shape index (κ2) is 8.03. The van der Waals surface area contributed by atoms with Gasteiger partial charge >= 0.3 is 0 Å². The summed E-state index contributed by atoms with van der Waals surface area (Å²) in [5.41, 5.74) is 0.946. The van der Waals surface area contributed by atoms with Crippen LogP contribution in [-0.4, -0.2) is 38.4 Å². The Kier molecular flexibility index (Phi) is 6.69. The molecule has 0 aliphatic carbocycles. The van der Waals surface area contributed by atoms with Gasteiger partial charge in [0.1, 0.15) is 0 Å². The third-order valence-electron chi connectivity index (χ3n) is 2.90. The molecule has 0 amide bonds. The lowest BCUT2D eigenvalue weighted by Gasteiger charge is -2.17. The van der Waals surface area contributed by atoms with Gasteiger partial charge in [0.15, 0.2) is 17.5 Å². The average Bonchev–Trinajstić information content (AvgIpc) is 2.47. The van der Waals surface area contributed by atoms with E-state index in [2.05, 4.69) is 15.6 Å². The van der Waals surface area contributed by atoms with Gasteiger partial charge in [-0.25, -0.2) is 0 Å². The minimum atomic E-state index is 0. The Labute approximate surface area is 135 Å². The first kappa shape index (κ1) is 16.7. The van der Waals surface area contributed by atoms with Gasteiger partial charge in [0, 0.05) is 19.6 Å². The van der Waals surface area contributed by atoms with E-state index in [9.17, 15) is 5.11 Å². The highest BCUT2D eigenvalue weighted by atomic mass is 127. The number of phenolic OH excluding ortho intramolecular Hbond substituents is 1. The Morgan fingerprint density at radius 2 is 1.95 bits per heavy atom. The standard InChI is InChI=1S/C13H19N3O3.HI/c1-18-10-6-9(7-11(19-2)12(10)17)8-16-13-14-4-3-5-15-13;/h6-7,17H,3-5,8H2,1-2H3,(H2,14,15,16);1H. The summed E-state index contributed by atoms with van der Waals surface area (Å²) in [4.78, 5) is 4.33. The van der Waals surface area contributed by atoms with Crippen LogP contribution in [0.1, 0.15) is 12.0 Å². The van der Waals surface area contributed by atoms with Crippen molar-refractivity contribution in [1.82, 2.24) is 10.6 Å². The normalized spacial score (nSPS) is 13.6. The fourth-order valence-corrected chi connectivity index (χ4v) is 1.89. The van der Waals surface area contributed by atoms with Gasteiger partial charge in [-0.15, -0.1) is 24.0 Å². The Morgan fingerprint density at radius 1 is 1.30 bits per heavy atom. The van der Waals surface area contributed by atoms with E-state index in [1.165, 1.54) is 14.2 Å². The number of hydrogen-bond acceptors (Lipinski definition) is 6. The lowest BCUT2D eigenvalue weighted by molar-refractivity contribution is 0.339. The van der Waals surface area contributed by atoms with E-state index in [0.717, 1.165) is 31.0 Å². The number of guanidine groups is 1. The number of halogens is 1. The van der Waals surface area contributed by atoms with Gasteiger partial charge in [0.2, 0.25) is 5.75 Å². The molecule has 6 nitrogen and oxygen atoms in total. The molecule has 2 rings (SSSR count). The van der Waals surface area contributed by atoms with Crippen LogP contribution in [0.2, 0.25) is 0 Å². The van der Waals surface area contributed by atoms with Gasteiger partial charge in [0.25, 0.3) is 0 Å². The molecule has 0 unspecified atom stereocenters. The summed E-state index contributed by atoms with van der Waals surface area (Å²) >= 11 is 0. The van der Waals surface area contributed by atoms with Crippen LogP contribution in [0.3, 0.4) is 0 Å². The van der Waals surface area contributed by atoms with Crippen molar-refractivity contribution >= 4 is 29.9 Å². The van der Waals surface area contributed by atoms with Crippen LogP contribution in [0, 0.1) is 0 Å². The minimum absolute atomic E-state index is 0. The molecule has 7 heteroatoms. The van der Waals surface area contributed by atoms with Crippen molar-refractivity contribution in [2.45, 2.75) is 13.0 Å². The van der Waals surface area contributed by atoms with Crippen molar-refractivity contribution in [1.29, 1.82) is 0 Å². The maximum absolute atomic E-state index is 9.82. The van der Waals surface area contributed by atoms with Crippen molar-refractivity contribution in [2.75, 3.05) is 27.3 Å². The average molecular weight is 393 g/mol. The second-order valence-electron chi connectivity index (χ2n) is 4.21. The summed E-state index contributed by atoms with van der Waals surface area (Å²) < 4.78 is 10.2. The van der Waals surface area contributed by atoms with Crippen LogP contribution < -0.4 is 20.1 Å². The van der Waals surface area contributed by atoms with Crippen LogP contribution in [0.15, 0.2) is 17.1 Å². The molecule has 3 N–H and O–H groups in total. The highest BCUT2D eigenvalue weighted by Crippen LogP contribution is 2.36. The summed E-state index contributed by atoms with van der Waals surface area (Å²) in [6, 6.07) is 3.54. The quantitative estimate of drug-likeness (QED) is 0.676. The molecule has 112 valence electrons. The second-order valence-corrected chi connectivity index (χ2v) is 4.21. The van der Waals surface area contributed by atoms with E-state index in [-0.39, 0.29) is 29.7 Å². The Morgan fingerprint density at radius 3 is 2.45 bits per heavy atom. The molecular formula is C13H20IN3O3. The zero-order chi connectivity index (χ0) is 13.7. The van der Waals surface area contributed by atoms with Crippen LogP contribution in [0.5, 0.6) is 17.2 Å². The highest BCUT2D eigenvalue weighted by molar-refractivity contribution is 14.0. The lowest BCUT2D eigenvalue weighted by Crippen LogP contribution is -2.40. The zero-order valence-corrected chi connectivity index (χ0v) is 13.9. The summed E-state index contributed by atoms with van der Waals surface area (Å²) in [5.74, 6) is 1.61. The maximum atomic E-state index is 9.82. The van der Waals surface area contributed by atoms with Gasteiger partial charge in [-0.3, -0.25) is 4.99 Å². The number of hydrogen-bond donors (Lipinski definition) is 3. The number of phenols is 1. The third-order valence-corrected chi connectivity index (χ3v) is 2.90. The summed E-state index contributed by atoms with van der Waals surface area (Å²) in [6.07, 6.45) is 1.06. The monoisotopic (exact) mass is 393 g/mol. The number of aliphatic imine (C=N–C) groups is 1. The summed E-state index contributed by atoms with van der Waals surface area (Å²) in [6.45, 7) is 2.37. The summed E-state index contributed by atoms with van der Waals surface area (Å²) in [7, 11) is 3.02.